The predicted octanol–water partition coefficient (Wildman–Crippen LogP) is 5.11. The number of fused-ring (bicyclic) bond motifs is 1. The second-order valence-corrected chi connectivity index (χ2v) is 10.3. The third-order valence-electron chi connectivity index (χ3n) is 5.63. The summed E-state index contributed by atoms with van der Waals surface area (Å²) < 4.78 is 7.31. The van der Waals surface area contributed by atoms with E-state index < -0.39 is 0 Å². The van der Waals surface area contributed by atoms with Gasteiger partial charge in [-0.25, -0.2) is 4.98 Å². The van der Waals surface area contributed by atoms with Crippen molar-refractivity contribution < 1.29 is 4.74 Å². The molecule has 0 spiro atoms. The summed E-state index contributed by atoms with van der Waals surface area (Å²) in [7, 11) is 1.64. The van der Waals surface area contributed by atoms with Crippen LogP contribution in [0.1, 0.15) is 28.4 Å². The van der Waals surface area contributed by atoms with E-state index in [2.05, 4.69) is 20.2 Å². The van der Waals surface area contributed by atoms with Crippen LogP contribution < -0.4 is 10.3 Å². The Kier molecular flexibility index (Phi) is 5.93. The van der Waals surface area contributed by atoms with Crippen molar-refractivity contribution in [2.45, 2.75) is 31.2 Å². The molecule has 0 radical (unpaired) electrons. The van der Waals surface area contributed by atoms with Gasteiger partial charge in [-0.1, -0.05) is 11.8 Å². The maximum Gasteiger partial charge on any atom is 0.259 e. The number of nitrogens with zero attached hydrogens (tertiary/aromatic N) is 5. The van der Waals surface area contributed by atoms with Gasteiger partial charge >= 0.3 is 0 Å². The van der Waals surface area contributed by atoms with Crippen molar-refractivity contribution in [3.05, 3.63) is 75.4 Å². The average molecular weight is 491 g/mol. The third kappa shape index (κ3) is 3.99. The first-order chi connectivity index (χ1) is 16.5. The lowest BCUT2D eigenvalue weighted by molar-refractivity contribution is 0.414. The molecule has 0 saturated carbocycles. The molecule has 0 bridgehead atoms. The third-order valence-corrected chi connectivity index (χ3v) is 7.78. The fourth-order valence-electron chi connectivity index (χ4n) is 3.68. The summed E-state index contributed by atoms with van der Waals surface area (Å²) in [5.41, 5.74) is 2.68. The molecule has 0 saturated heterocycles. The monoisotopic (exact) mass is 490 g/mol. The Balaban J connectivity index is 1.56. The number of nitrogens with one attached hydrogen (secondary N) is 1. The molecule has 34 heavy (non-hydrogen) atoms. The molecule has 0 aliphatic heterocycles. The van der Waals surface area contributed by atoms with E-state index in [9.17, 15) is 4.79 Å². The Morgan fingerprint density at radius 1 is 1.09 bits per heavy atom. The summed E-state index contributed by atoms with van der Waals surface area (Å²) in [6, 6.07) is 11.5. The van der Waals surface area contributed by atoms with Crippen molar-refractivity contribution in [1.29, 1.82) is 0 Å². The van der Waals surface area contributed by atoms with E-state index in [1.54, 1.807) is 30.8 Å². The van der Waals surface area contributed by atoms with Gasteiger partial charge in [0.15, 0.2) is 11.0 Å². The Hall–Kier alpha value is -3.50. The van der Waals surface area contributed by atoms with Crippen LogP contribution in [0.5, 0.6) is 5.75 Å². The topological polar surface area (TPSA) is 98.6 Å². The lowest BCUT2D eigenvalue weighted by atomic mass is 10.2. The second kappa shape index (κ2) is 9.03. The van der Waals surface area contributed by atoms with Gasteiger partial charge < -0.3 is 9.72 Å². The zero-order chi connectivity index (χ0) is 23.8. The van der Waals surface area contributed by atoms with Crippen LogP contribution in [-0.4, -0.2) is 36.8 Å². The van der Waals surface area contributed by atoms with E-state index in [-0.39, 0.29) is 10.8 Å². The average Bonchev–Trinajstić information content (AvgIpc) is 3.40. The maximum absolute atomic E-state index is 12.8. The number of aromatic nitrogens is 6. The van der Waals surface area contributed by atoms with Gasteiger partial charge in [0, 0.05) is 28.5 Å². The number of hydrogen-bond donors (Lipinski definition) is 1. The fourth-order valence-corrected chi connectivity index (χ4v) is 5.64. The van der Waals surface area contributed by atoms with Crippen LogP contribution in [-0.2, 0) is 0 Å². The molecule has 1 atom stereocenters. The number of hydrogen-bond acceptors (Lipinski definition) is 8. The van der Waals surface area contributed by atoms with E-state index in [4.69, 9.17) is 9.72 Å². The van der Waals surface area contributed by atoms with Crippen molar-refractivity contribution in [2.24, 2.45) is 0 Å². The molecule has 10 heteroatoms. The first-order valence-corrected chi connectivity index (χ1v) is 12.3. The normalized spacial score (nSPS) is 12.2. The van der Waals surface area contributed by atoms with E-state index in [0.29, 0.717) is 22.2 Å². The Morgan fingerprint density at radius 2 is 1.82 bits per heavy atom. The molecular weight excluding hydrogens is 468 g/mol. The number of ether oxygens (including phenoxy) is 1. The summed E-state index contributed by atoms with van der Waals surface area (Å²) in [5.74, 6) is 2.07. The number of pyridine rings is 1. The predicted molar refractivity (Wildman–Crippen MR) is 135 cm³/mol. The summed E-state index contributed by atoms with van der Waals surface area (Å²) >= 11 is 3.03. The van der Waals surface area contributed by atoms with Crippen LogP contribution in [0.4, 0.5) is 0 Å². The van der Waals surface area contributed by atoms with Crippen molar-refractivity contribution in [2.75, 3.05) is 7.11 Å². The molecule has 1 aromatic carbocycles. The highest BCUT2D eigenvalue weighted by Crippen LogP contribution is 2.36. The van der Waals surface area contributed by atoms with Gasteiger partial charge in [-0.3, -0.25) is 14.3 Å². The lowest BCUT2D eigenvalue weighted by Gasteiger charge is -2.14. The minimum Gasteiger partial charge on any atom is -0.497 e. The number of benzene rings is 1. The minimum absolute atomic E-state index is 0.108. The highest BCUT2D eigenvalue weighted by molar-refractivity contribution is 7.99. The lowest BCUT2D eigenvalue weighted by Crippen LogP contribution is -2.12. The number of methoxy groups -OCH3 is 1. The first-order valence-electron chi connectivity index (χ1n) is 10.6. The molecule has 0 amide bonds. The van der Waals surface area contributed by atoms with Crippen LogP contribution in [0.15, 0.2) is 58.7 Å². The highest BCUT2D eigenvalue weighted by atomic mass is 32.2. The molecule has 4 aromatic heterocycles. The molecule has 1 unspecified atom stereocenters. The van der Waals surface area contributed by atoms with Crippen LogP contribution in [0, 0.1) is 13.8 Å². The van der Waals surface area contributed by atoms with Gasteiger partial charge in [0.1, 0.15) is 16.4 Å². The molecule has 0 fully saturated rings. The standard InChI is InChI=1S/C24H22N6O2S2/c1-13-14(2)33-23-19(13)22(31)26-20(27-23)15(3)34-24-29-28-21(16-9-11-25-12-10-16)30(24)17-5-7-18(32-4)8-6-17/h5-12,15H,1-4H3,(H,26,27,31). The summed E-state index contributed by atoms with van der Waals surface area (Å²) in [6.07, 6.45) is 3.46. The molecule has 1 N–H and O–H groups in total. The van der Waals surface area contributed by atoms with Crippen molar-refractivity contribution in [3.63, 3.8) is 0 Å². The summed E-state index contributed by atoms with van der Waals surface area (Å²) in [5, 5.41) is 10.2. The van der Waals surface area contributed by atoms with Gasteiger partial charge in [0.2, 0.25) is 0 Å². The Morgan fingerprint density at radius 3 is 2.53 bits per heavy atom. The van der Waals surface area contributed by atoms with E-state index >= 15 is 0 Å². The van der Waals surface area contributed by atoms with E-state index in [1.807, 2.05) is 61.7 Å². The number of thiophene rings is 1. The zero-order valence-electron chi connectivity index (χ0n) is 19.1. The van der Waals surface area contributed by atoms with Crippen molar-refractivity contribution in [1.82, 2.24) is 29.7 Å². The molecule has 0 aliphatic rings. The Labute approximate surface area is 204 Å². The Bertz CT molecular complexity index is 1520. The zero-order valence-corrected chi connectivity index (χ0v) is 20.7. The summed E-state index contributed by atoms with van der Waals surface area (Å²) in [6.45, 7) is 5.97. The number of aromatic amines is 1. The largest absolute Gasteiger partial charge is 0.497 e. The minimum atomic E-state index is -0.161. The maximum atomic E-state index is 12.8. The quantitative estimate of drug-likeness (QED) is 0.330. The number of thioether (sulfide) groups is 1. The molecule has 4 heterocycles. The van der Waals surface area contributed by atoms with Gasteiger partial charge in [0.05, 0.1) is 17.7 Å². The van der Waals surface area contributed by atoms with Gasteiger partial charge in [-0.05, 0) is 62.7 Å². The number of rotatable bonds is 6. The van der Waals surface area contributed by atoms with Crippen LogP contribution in [0.3, 0.4) is 0 Å². The molecule has 172 valence electrons. The summed E-state index contributed by atoms with van der Waals surface area (Å²) in [4.78, 5) is 26.5. The van der Waals surface area contributed by atoms with Crippen molar-refractivity contribution in [3.8, 4) is 22.8 Å². The highest BCUT2D eigenvalue weighted by Gasteiger charge is 2.22. The fraction of sp³-hybridized carbons (Fsp3) is 0.208. The SMILES string of the molecule is COc1ccc(-n2c(SC(C)c3nc4sc(C)c(C)c4c(=O)[nH]3)nnc2-c2ccncc2)cc1. The van der Waals surface area contributed by atoms with E-state index in [0.717, 1.165) is 32.3 Å². The van der Waals surface area contributed by atoms with Crippen molar-refractivity contribution >= 4 is 33.3 Å². The van der Waals surface area contributed by atoms with E-state index in [1.165, 1.54) is 11.8 Å². The molecule has 5 rings (SSSR count). The van der Waals surface area contributed by atoms with Gasteiger partial charge in [0.25, 0.3) is 5.56 Å². The van der Waals surface area contributed by atoms with Crippen LogP contribution in [0.25, 0.3) is 27.3 Å². The molecular formula is C24H22N6O2S2. The van der Waals surface area contributed by atoms with Gasteiger partial charge in [-0.15, -0.1) is 21.5 Å². The smallest absolute Gasteiger partial charge is 0.259 e. The molecule has 0 aliphatic carbocycles. The molecule has 5 aromatic rings. The first kappa shape index (κ1) is 22.3. The second-order valence-electron chi connectivity index (χ2n) is 7.75. The van der Waals surface area contributed by atoms with Crippen LogP contribution >= 0.6 is 23.1 Å². The number of aryl methyl sites for hydroxylation is 2. The van der Waals surface area contributed by atoms with Gasteiger partial charge in [-0.2, -0.15) is 0 Å². The van der Waals surface area contributed by atoms with Crippen LogP contribution in [0.2, 0.25) is 0 Å². The number of H-pyrrole nitrogens is 1. The molecule has 8 nitrogen and oxygen atoms in total.